The van der Waals surface area contributed by atoms with Crippen molar-refractivity contribution in [3.8, 4) is 12.3 Å². The molecule has 0 aromatic carbocycles. The van der Waals surface area contributed by atoms with Crippen LogP contribution >= 0.6 is 11.6 Å². The summed E-state index contributed by atoms with van der Waals surface area (Å²) in [7, 11) is 0. The summed E-state index contributed by atoms with van der Waals surface area (Å²) in [5, 5.41) is 0. The Morgan fingerprint density at radius 2 is 2.57 bits per heavy atom. The van der Waals surface area contributed by atoms with E-state index >= 15 is 0 Å². The third-order valence-corrected chi connectivity index (χ3v) is 0.623. The van der Waals surface area contributed by atoms with E-state index < -0.39 is 5.83 Å². The molecule has 0 spiro atoms. The molecule has 0 aliphatic rings. The highest BCUT2D eigenvalue weighted by atomic mass is 35.5. The number of allylic oxidation sites excluding steroid dienone is 2. The molecule has 0 aromatic heterocycles. The first-order valence-corrected chi connectivity index (χ1v) is 2.21. The molecule has 2 heteroatoms. The van der Waals surface area contributed by atoms with Crippen LogP contribution in [0.15, 0.2) is 11.9 Å². The van der Waals surface area contributed by atoms with Gasteiger partial charge >= 0.3 is 0 Å². The quantitative estimate of drug-likeness (QED) is 0.363. The molecule has 0 bridgehead atoms. The van der Waals surface area contributed by atoms with E-state index in [4.69, 9.17) is 11.6 Å². The third-order valence-electron chi connectivity index (χ3n) is 0.368. The van der Waals surface area contributed by atoms with Gasteiger partial charge in [-0.15, -0.1) is 18.0 Å². The first-order valence-electron chi connectivity index (χ1n) is 1.68. The molecule has 0 radical (unpaired) electrons. The van der Waals surface area contributed by atoms with E-state index in [9.17, 15) is 4.39 Å². The zero-order valence-corrected chi connectivity index (χ0v) is 4.37. The maximum Gasteiger partial charge on any atom is 0.123 e. The van der Waals surface area contributed by atoms with E-state index in [0.717, 1.165) is 6.08 Å². The Morgan fingerprint density at radius 3 is 2.71 bits per heavy atom. The van der Waals surface area contributed by atoms with Gasteiger partial charge in [-0.25, -0.2) is 4.39 Å². The lowest BCUT2D eigenvalue weighted by molar-refractivity contribution is 0.644. The molecule has 0 aliphatic carbocycles. The van der Waals surface area contributed by atoms with E-state index in [0.29, 0.717) is 0 Å². The molecule has 0 nitrogen and oxygen atoms in total. The lowest BCUT2D eigenvalue weighted by Gasteiger charge is -1.77. The van der Waals surface area contributed by atoms with Crippen molar-refractivity contribution in [2.45, 2.75) is 0 Å². The maximum absolute atomic E-state index is 11.7. The summed E-state index contributed by atoms with van der Waals surface area (Å²) in [6.07, 6.45) is 5.67. The molecule has 0 unspecified atom stereocenters. The second kappa shape index (κ2) is 3.70. The first-order chi connectivity index (χ1) is 3.31. The van der Waals surface area contributed by atoms with Crippen molar-refractivity contribution >= 4 is 11.6 Å². The maximum atomic E-state index is 11.7. The summed E-state index contributed by atoms with van der Waals surface area (Å²) < 4.78 is 11.7. The van der Waals surface area contributed by atoms with E-state index in [2.05, 4.69) is 6.42 Å². The lowest BCUT2D eigenvalue weighted by atomic mass is 10.5. The zero-order chi connectivity index (χ0) is 5.70. The molecule has 38 valence electrons. The summed E-state index contributed by atoms with van der Waals surface area (Å²) in [6.45, 7) is 0. The number of hydrogen-bond acceptors (Lipinski definition) is 0. The molecule has 0 atom stereocenters. The van der Waals surface area contributed by atoms with Crippen LogP contribution < -0.4 is 0 Å². The molecule has 0 fully saturated rings. The molecular weight excluding hydrogens is 115 g/mol. The van der Waals surface area contributed by atoms with Gasteiger partial charge in [0.2, 0.25) is 0 Å². The summed E-state index contributed by atoms with van der Waals surface area (Å²) in [4.78, 5) is 0. The minimum Gasteiger partial charge on any atom is -0.210 e. The molecule has 0 rings (SSSR count). The van der Waals surface area contributed by atoms with Crippen molar-refractivity contribution < 1.29 is 4.39 Å². The summed E-state index contributed by atoms with van der Waals surface area (Å²) in [5.41, 5.74) is 0. The van der Waals surface area contributed by atoms with E-state index in [-0.39, 0.29) is 5.88 Å². The topological polar surface area (TPSA) is 0 Å². The summed E-state index contributed by atoms with van der Waals surface area (Å²) in [5.74, 6) is 1.39. The molecule has 7 heavy (non-hydrogen) atoms. The predicted octanol–water partition coefficient (Wildman–Crippen LogP) is 1.71. The van der Waals surface area contributed by atoms with E-state index in [1.165, 1.54) is 0 Å². The highest BCUT2D eigenvalue weighted by molar-refractivity contribution is 6.19. The van der Waals surface area contributed by atoms with Gasteiger partial charge in [-0.2, -0.15) is 0 Å². The Morgan fingerprint density at radius 1 is 2.00 bits per heavy atom. The minimum absolute atomic E-state index is 0.135. The van der Waals surface area contributed by atoms with Gasteiger partial charge < -0.3 is 0 Å². The van der Waals surface area contributed by atoms with Gasteiger partial charge in [-0.05, 0) is 0 Å². The minimum atomic E-state index is -0.468. The van der Waals surface area contributed by atoms with Crippen LogP contribution in [0, 0.1) is 12.3 Å². The van der Waals surface area contributed by atoms with Crippen molar-refractivity contribution in [3.63, 3.8) is 0 Å². The zero-order valence-electron chi connectivity index (χ0n) is 3.62. The van der Waals surface area contributed by atoms with Crippen molar-refractivity contribution in [1.82, 2.24) is 0 Å². The van der Waals surface area contributed by atoms with Gasteiger partial charge in [0.25, 0.3) is 0 Å². The standard InChI is InChI=1S/C5H4ClF/c1-2-3-5(7)4-6/h1,3H,4H2/b5-3-. The monoisotopic (exact) mass is 118 g/mol. The van der Waals surface area contributed by atoms with Crippen LogP contribution in [0.2, 0.25) is 0 Å². The van der Waals surface area contributed by atoms with Crippen LogP contribution in [0.4, 0.5) is 4.39 Å². The number of hydrogen-bond donors (Lipinski definition) is 0. The smallest absolute Gasteiger partial charge is 0.123 e. The fourth-order valence-corrected chi connectivity index (χ4v) is 0.206. The normalized spacial score (nSPS) is 10.7. The fraction of sp³-hybridized carbons (Fsp3) is 0.200. The fourth-order valence-electron chi connectivity index (χ4n) is 0.129. The molecular formula is C5H4ClF. The second-order valence-electron chi connectivity index (χ2n) is 0.891. The number of terminal acetylenes is 1. The largest absolute Gasteiger partial charge is 0.210 e. The summed E-state index contributed by atoms with van der Waals surface area (Å²) in [6, 6.07) is 0. The highest BCUT2D eigenvalue weighted by Gasteiger charge is 1.83. The van der Waals surface area contributed by atoms with Gasteiger partial charge in [-0.1, -0.05) is 5.92 Å². The number of alkyl halides is 1. The van der Waals surface area contributed by atoms with Crippen LogP contribution in [-0.4, -0.2) is 5.88 Å². The van der Waals surface area contributed by atoms with Crippen molar-refractivity contribution in [1.29, 1.82) is 0 Å². The highest BCUT2D eigenvalue weighted by Crippen LogP contribution is 1.95. The van der Waals surface area contributed by atoms with Crippen LogP contribution in [0.1, 0.15) is 0 Å². The number of rotatable bonds is 1. The van der Waals surface area contributed by atoms with E-state index in [1.807, 2.05) is 5.92 Å². The van der Waals surface area contributed by atoms with Gasteiger partial charge in [0.1, 0.15) is 5.83 Å². The molecule has 0 saturated carbocycles. The Balaban J connectivity index is 3.56. The number of halogens is 2. The van der Waals surface area contributed by atoms with Gasteiger partial charge in [0, 0.05) is 6.08 Å². The van der Waals surface area contributed by atoms with E-state index in [1.54, 1.807) is 0 Å². The summed E-state index contributed by atoms with van der Waals surface area (Å²) >= 11 is 4.99. The van der Waals surface area contributed by atoms with Crippen LogP contribution in [-0.2, 0) is 0 Å². The SMILES string of the molecule is C#C/C=C(\F)CCl. The van der Waals surface area contributed by atoms with Crippen LogP contribution in [0.25, 0.3) is 0 Å². The molecule has 0 saturated heterocycles. The van der Waals surface area contributed by atoms with Crippen LogP contribution in [0.5, 0.6) is 0 Å². The Labute approximate surface area is 47.0 Å². The van der Waals surface area contributed by atoms with Gasteiger partial charge in [0.15, 0.2) is 0 Å². The Bertz CT molecular complexity index is 110. The van der Waals surface area contributed by atoms with Crippen LogP contribution in [0.3, 0.4) is 0 Å². The second-order valence-corrected chi connectivity index (χ2v) is 1.16. The van der Waals surface area contributed by atoms with Crippen molar-refractivity contribution in [3.05, 3.63) is 11.9 Å². The predicted molar refractivity (Wildman–Crippen MR) is 28.7 cm³/mol. The molecule has 0 amide bonds. The molecule has 0 aromatic rings. The third kappa shape index (κ3) is 3.35. The Kier molecular flexibility index (Phi) is 3.45. The van der Waals surface area contributed by atoms with Crippen molar-refractivity contribution in [2.24, 2.45) is 0 Å². The van der Waals surface area contributed by atoms with Crippen molar-refractivity contribution in [2.75, 3.05) is 5.88 Å². The molecule has 0 heterocycles. The average Bonchev–Trinajstić information content (AvgIpc) is 1.68. The average molecular weight is 119 g/mol. The van der Waals surface area contributed by atoms with Gasteiger partial charge in [0.05, 0.1) is 5.88 Å². The Hall–Kier alpha value is -0.480. The first kappa shape index (κ1) is 6.52. The molecule has 0 aliphatic heterocycles. The molecule has 0 N–H and O–H groups in total. The van der Waals surface area contributed by atoms with Gasteiger partial charge in [-0.3, -0.25) is 0 Å². The lowest BCUT2D eigenvalue weighted by Crippen LogP contribution is -1.69.